The molecule has 11 aromatic rings. The number of aryl methyl sites for hydroxylation is 4. The van der Waals surface area contributed by atoms with Gasteiger partial charge >= 0.3 is 0 Å². The second-order valence-electron chi connectivity index (χ2n) is 16.7. The van der Waals surface area contributed by atoms with Crippen LogP contribution in [0.25, 0.3) is 105 Å². The third-order valence-corrected chi connectivity index (χ3v) is 13.0. The summed E-state index contributed by atoms with van der Waals surface area (Å²) in [4.78, 5) is 0. The van der Waals surface area contributed by atoms with Gasteiger partial charge in [0.25, 0.3) is 0 Å². The topological polar surface area (TPSA) is 4.93 Å². The number of benzene rings is 10. The lowest BCUT2D eigenvalue weighted by Crippen LogP contribution is -1.95. The van der Waals surface area contributed by atoms with Gasteiger partial charge in [-0.15, -0.1) is 0 Å². The average Bonchev–Trinajstić information content (AvgIpc) is 3.64. The molecular formula is C60H45N. The van der Waals surface area contributed by atoms with Crippen LogP contribution in [0.5, 0.6) is 0 Å². The van der Waals surface area contributed by atoms with Crippen LogP contribution in [0.2, 0.25) is 0 Å². The quantitative estimate of drug-likeness (QED) is 0.148. The summed E-state index contributed by atoms with van der Waals surface area (Å²) in [7, 11) is 0. The highest BCUT2D eigenvalue weighted by molar-refractivity contribution is 6.22. The first-order valence-electron chi connectivity index (χ1n) is 21.3. The van der Waals surface area contributed by atoms with Crippen molar-refractivity contribution in [2.75, 3.05) is 0 Å². The van der Waals surface area contributed by atoms with Crippen molar-refractivity contribution in [3.8, 4) is 61.3 Å². The summed E-state index contributed by atoms with van der Waals surface area (Å²) < 4.78 is 2.38. The van der Waals surface area contributed by atoms with Gasteiger partial charge in [0.15, 0.2) is 0 Å². The fourth-order valence-electron chi connectivity index (χ4n) is 9.52. The van der Waals surface area contributed by atoms with Gasteiger partial charge in [-0.3, -0.25) is 0 Å². The Hall–Kier alpha value is -7.48. The minimum absolute atomic E-state index is 1.18. The Kier molecular flexibility index (Phi) is 8.79. The van der Waals surface area contributed by atoms with Crippen LogP contribution in [0.4, 0.5) is 0 Å². The lowest BCUT2D eigenvalue weighted by molar-refractivity contribution is 1.18. The Bertz CT molecular complexity index is 3370. The van der Waals surface area contributed by atoms with Gasteiger partial charge < -0.3 is 4.57 Å². The van der Waals surface area contributed by atoms with Crippen LogP contribution in [-0.2, 0) is 0 Å². The van der Waals surface area contributed by atoms with E-state index in [9.17, 15) is 0 Å². The highest BCUT2D eigenvalue weighted by Gasteiger charge is 2.20. The van der Waals surface area contributed by atoms with Gasteiger partial charge in [-0.1, -0.05) is 170 Å². The molecule has 0 atom stereocenters. The number of hydrogen-bond donors (Lipinski definition) is 0. The number of hydrogen-bond acceptors (Lipinski definition) is 0. The van der Waals surface area contributed by atoms with E-state index in [0.29, 0.717) is 0 Å². The van der Waals surface area contributed by atoms with Gasteiger partial charge in [0, 0.05) is 16.5 Å². The van der Waals surface area contributed by atoms with E-state index in [1.807, 2.05) is 0 Å². The van der Waals surface area contributed by atoms with Crippen molar-refractivity contribution >= 4 is 43.4 Å². The van der Waals surface area contributed by atoms with Crippen molar-refractivity contribution in [1.29, 1.82) is 0 Å². The van der Waals surface area contributed by atoms with Crippen molar-refractivity contribution in [1.82, 2.24) is 4.57 Å². The number of aromatic nitrogens is 1. The molecule has 1 nitrogen and oxygen atoms in total. The summed E-state index contributed by atoms with van der Waals surface area (Å²) in [5.74, 6) is 0. The van der Waals surface area contributed by atoms with E-state index in [1.165, 1.54) is 127 Å². The Balaban J connectivity index is 1.03. The molecule has 11 rings (SSSR count). The number of rotatable bonds is 6. The highest BCUT2D eigenvalue weighted by atomic mass is 15.0. The van der Waals surface area contributed by atoms with Gasteiger partial charge in [-0.2, -0.15) is 0 Å². The van der Waals surface area contributed by atoms with E-state index in [2.05, 4.69) is 232 Å². The fourth-order valence-corrected chi connectivity index (χ4v) is 9.52. The van der Waals surface area contributed by atoms with Crippen molar-refractivity contribution in [3.05, 3.63) is 222 Å². The van der Waals surface area contributed by atoms with E-state index in [-0.39, 0.29) is 0 Å². The first-order valence-corrected chi connectivity index (χ1v) is 21.3. The first-order chi connectivity index (χ1) is 29.9. The first kappa shape index (κ1) is 36.6. The second-order valence-corrected chi connectivity index (χ2v) is 16.7. The Labute approximate surface area is 357 Å². The largest absolute Gasteiger partial charge is 0.309 e. The molecule has 0 unspecified atom stereocenters. The minimum Gasteiger partial charge on any atom is -0.309 e. The van der Waals surface area contributed by atoms with Crippen LogP contribution in [0.15, 0.2) is 200 Å². The molecule has 0 aliphatic carbocycles. The molecule has 61 heavy (non-hydrogen) atoms. The van der Waals surface area contributed by atoms with Gasteiger partial charge in [-0.25, -0.2) is 0 Å². The molecule has 0 bridgehead atoms. The maximum atomic E-state index is 2.42. The van der Waals surface area contributed by atoms with Crippen molar-refractivity contribution in [3.63, 3.8) is 0 Å². The van der Waals surface area contributed by atoms with Crippen LogP contribution in [-0.4, -0.2) is 4.57 Å². The number of nitrogens with zero attached hydrogens (tertiary/aromatic N) is 1. The number of para-hydroxylation sites is 2. The Morgan fingerprint density at radius 1 is 0.246 bits per heavy atom. The smallest absolute Gasteiger partial charge is 0.0541 e. The second kappa shape index (κ2) is 14.7. The number of fused-ring (bicyclic) bond motifs is 5. The molecule has 10 aromatic carbocycles. The predicted octanol–water partition coefficient (Wildman–Crippen LogP) is 16.7. The normalized spacial score (nSPS) is 11.6. The van der Waals surface area contributed by atoms with E-state index >= 15 is 0 Å². The van der Waals surface area contributed by atoms with Gasteiger partial charge in [0.1, 0.15) is 0 Å². The van der Waals surface area contributed by atoms with Gasteiger partial charge in [0.2, 0.25) is 0 Å². The maximum Gasteiger partial charge on any atom is 0.0541 e. The standard InChI is InChI=1S/C60H45N/c1-38-33-53-55(35-40(38)3)60(48-29-25-46(26-30-48)49-31-32-58-52(37-49)51-17-11-12-18-57(51)61(58)50-15-9-6-10-16-50)56-36-41(4)39(2)34-54(56)59(53)47-27-23-45(24-28-47)44-21-19-43(20-22-44)42-13-7-5-8-14-42/h5-37H,1-4H3. The van der Waals surface area contributed by atoms with E-state index in [0.717, 1.165) is 0 Å². The van der Waals surface area contributed by atoms with Gasteiger partial charge in [-0.05, 0) is 157 Å². The molecular weight excluding hydrogens is 735 g/mol. The van der Waals surface area contributed by atoms with E-state index < -0.39 is 0 Å². The molecule has 0 saturated carbocycles. The van der Waals surface area contributed by atoms with Crippen molar-refractivity contribution in [2.45, 2.75) is 27.7 Å². The average molecular weight is 780 g/mol. The fraction of sp³-hybridized carbons (Fsp3) is 0.0667. The predicted molar refractivity (Wildman–Crippen MR) is 262 cm³/mol. The summed E-state index contributed by atoms with van der Waals surface area (Å²) in [6, 6.07) is 74.1. The molecule has 0 saturated heterocycles. The summed E-state index contributed by atoms with van der Waals surface area (Å²) >= 11 is 0. The van der Waals surface area contributed by atoms with Crippen LogP contribution in [0.1, 0.15) is 22.3 Å². The molecule has 0 N–H and O–H groups in total. The summed E-state index contributed by atoms with van der Waals surface area (Å²) in [6.45, 7) is 8.98. The minimum atomic E-state index is 1.18. The summed E-state index contributed by atoms with van der Waals surface area (Å²) in [5.41, 5.74) is 21.2. The van der Waals surface area contributed by atoms with E-state index in [1.54, 1.807) is 0 Å². The van der Waals surface area contributed by atoms with Crippen LogP contribution >= 0.6 is 0 Å². The Morgan fingerprint density at radius 2 is 0.590 bits per heavy atom. The molecule has 0 aliphatic heterocycles. The molecule has 0 fully saturated rings. The molecule has 0 spiro atoms. The maximum absolute atomic E-state index is 2.42. The third kappa shape index (κ3) is 6.24. The van der Waals surface area contributed by atoms with Crippen LogP contribution in [0, 0.1) is 27.7 Å². The van der Waals surface area contributed by atoms with Crippen LogP contribution < -0.4 is 0 Å². The Morgan fingerprint density at radius 3 is 1.07 bits per heavy atom. The molecule has 1 aromatic heterocycles. The molecule has 0 amide bonds. The molecule has 1 heterocycles. The molecule has 1 heteroatoms. The lowest BCUT2D eigenvalue weighted by Gasteiger charge is -2.21. The third-order valence-electron chi connectivity index (χ3n) is 13.0. The monoisotopic (exact) mass is 779 g/mol. The zero-order valence-electron chi connectivity index (χ0n) is 35.0. The van der Waals surface area contributed by atoms with Crippen molar-refractivity contribution in [2.24, 2.45) is 0 Å². The van der Waals surface area contributed by atoms with Crippen molar-refractivity contribution < 1.29 is 0 Å². The SMILES string of the molecule is Cc1cc2c(-c3ccc(-c4ccc(-c5ccccc5)cc4)cc3)c3cc(C)c(C)cc3c(-c3ccc(-c4ccc5c(c4)c4ccccc4n5-c4ccccc4)cc3)c2cc1C. The lowest BCUT2D eigenvalue weighted by atomic mass is 9.83. The van der Waals surface area contributed by atoms with Gasteiger partial charge in [0.05, 0.1) is 11.0 Å². The van der Waals surface area contributed by atoms with E-state index in [4.69, 9.17) is 0 Å². The summed E-state index contributed by atoms with van der Waals surface area (Å²) in [5, 5.41) is 7.69. The summed E-state index contributed by atoms with van der Waals surface area (Å²) in [6.07, 6.45) is 0. The van der Waals surface area contributed by atoms with Crippen LogP contribution in [0.3, 0.4) is 0 Å². The molecule has 0 radical (unpaired) electrons. The highest BCUT2D eigenvalue weighted by Crippen LogP contribution is 2.46. The molecule has 0 aliphatic rings. The zero-order chi connectivity index (χ0) is 41.2. The molecule has 290 valence electrons. The zero-order valence-corrected chi connectivity index (χ0v) is 35.0.